The predicted octanol–water partition coefficient (Wildman–Crippen LogP) is 3.94. The molecule has 0 saturated carbocycles. The molecule has 0 bridgehead atoms. The number of halogens is 5. The predicted molar refractivity (Wildman–Crippen MR) is 118 cm³/mol. The quantitative estimate of drug-likeness (QED) is 0.432. The van der Waals surface area contributed by atoms with E-state index in [2.05, 4.69) is 5.32 Å². The van der Waals surface area contributed by atoms with Crippen molar-refractivity contribution in [2.45, 2.75) is 18.8 Å². The Labute approximate surface area is 196 Å². The molecule has 0 aliphatic carbocycles. The molecule has 0 spiro atoms. The second kappa shape index (κ2) is 8.99. The van der Waals surface area contributed by atoms with Crippen LogP contribution in [0.2, 0.25) is 0 Å². The Morgan fingerprint density at radius 1 is 1.18 bits per heavy atom. The summed E-state index contributed by atoms with van der Waals surface area (Å²) in [6.45, 7) is 0.171. The smallest absolute Gasteiger partial charge is 0.377 e. The summed E-state index contributed by atoms with van der Waals surface area (Å²) in [5.74, 6) is -1.02. The number of nitriles is 1. The Bertz CT molecular complexity index is 1360. The number of para-hydroxylation sites is 1. The Morgan fingerprint density at radius 2 is 1.85 bits per heavy atom. The van der Waals surface area contributed by atoms with Crippen molar-refractivity contribution >= 4 is 34.1 Å². The first-order valence-electron chi connectivity index (χ1n) is 10.2. The van der Waals surface area contributed by atoms with E-state index in [1.165, 1.54) is 29.2 Å². The second-order valence-corrected chi connectivity index (χ2v) is 8.12. The van der Waals surface area contributed by atoms with Crippen LogP contribution in [0.3, 0.4) is 0 Å². The minimum atomic E-state index is -4.78. The molecule has 4 rings (SSSR count). The Kier molecular flexibility index (Phi) is 6.23. The molecule has 2 aromatic carbocycles. The molecule has 0 unspecified atom stereocenters. The number of carbonyl (C=O) groups excluding carboxylic acids is 1. The van der Waals surface area contributed by atoms with Crippen molar-refractivity contribution in [2.24, 2.45) is 0 Å². The lowest BCUT2D eigenvalue weighted by Crippen LogP contribution is -2.57. The number of hydrogen-bond donors (Lipinski definition) is 1. The maximum Gasteiger partial charge on any atom is 0.418 e. The minimum absolute atomic E-state index is 0.0214. The topological polar surface area (TPSA) is 78.1 Å². The van der Waals surface area contributed by atoms with Gasteiger partial charge < -0.3 is 14.8 Å². The Hall–Kier alpha value is -3.58. The number of carbonyl (C=O) groups is 1. The van der Waals surface area contributed by atoms with E-state index in [4.69, 9.17) is 11.6 Å². The largest absolute Gasteiger partial charge is 0.418 e. The van der Waals surface area contributed by atoms with E-state index in [9.17, 15) is 32.4 Å². The lowest BCUT2D eigenvalue weighted by molar-refractivity contribution is -0.136. The monoisotopic (exact) mass is 492 g/mol. The number of rotatable bonds is 5. The Morgan fingerprint density at radius 3 is 2.44 bits per heavy atom. The molecule has 1 fully saturated rings. The van der Waals surface area contributed by atoms with Crippen molar-refractivity contribution in [1.82, 2.24) is 9.47 Å². The molecule has 176 valence electrons. The van der Waals surface area contributed by atoms with Gasteiger partial charge in [-0.1, -0.05) is 24.3 Å². The number of aromatic nitrogens is 1. The fraction of sp³-hybridized carbons (Fsp3) is 0.261. The average Bonchev–Trinajstić information content (AvgIpc) is 2.78. The maximum absolute atomic E-state index is 13.9. The van der Waals surface area contributed by atoms with E-state index >= 15 is 0 Å². The standard InChI is InChI=1S/C23H17ClF4N4O2/c24-8-19(33)31-11-15(12-31)30-20-16-2-1-3-18(23(26,27)28)21(16)32(22(34)17(20)9-29)10-13-4-6-14(25)7-5-13/h1-7,15,30H,8,10-12H2. The van der Waals surface area contributed by atoms with Crippen molar-refractivity contribution in [3.63, 3.8) is 0 Å². The highest BCUT2D eigenvalue weighted by atomic mass is 35.5. The third-order valence-electron chi connectivity index (χ3n) is 5.65. The van der Waals surface area contributed by atoms with Gasteiger partial charge in [0.25, 0.3) is 5.56 Å². The van der Waals surface area contributed by atoms with Crippen molar-refractivity contribution in [3.05, 3.63) is 75.3 Å². The van der Waals surface area contributed by atoms with Gasteiger partial charge in [0.05, 0.1) is 29.4 Å². The molecule has 1 aliphatic rings. The second-order valence-electron chi connectivity index (χ2n) is 7.85. The Balaban J connectivity index is 1.89. The highest BCUT2D eigenvalue weighted by Crippen LogP contribution is 2.37. The zero-order valence-electron chi connectivity index (χ0n) is 17.5. The van der Waals surface area contributed by atoms with Crippen LogP contribution in [0.25, 0.3) is 10.9 Å². The molecule has 1 aliphatic heterocycles. The van der Waals surface area contributed by atoms with Crippen LogP contribution in [-0.2, 0) is 17.5 Å². The number of nitrogens with one attached hydrogen (secondary N) is 1. The summed E-state index contributed by atoms with van der Waals surface area (Å²) in [7, 11) is 0. The molecule has 1 amide bonds. The first-order chi connectivity index (χ1) is 16.1. The number of benzene rings is 2. The van der Waals surface area contributed by atoms with E-state index in [1.54, 1.807) is 0 Å². The number of likely N-dealkylation sites (tertiary alicyclic amines) is 1. The molecule has 1 saturated heterocycles. The molecule has 34 heavy (non-hydrogen) atoms. The number of alkyl halides is 4. The summed E-state index contributed by atoms with van der Waals surface area (Å²) in [6.07, 6.45) is -4.78. The van der Waals surface area contributed by atoms with Gasteiger partial charge in [-0.2, -0.15) is 18.4 Å². The summed E-state index contributed by atoms with van der Waals surface area (Å²) in [6, 6.07) is 9.90. The molecule has 2 heterocycles. The zero-order valence-corrected chi connectivity index (χ0v) is 18.3. The SMILES string of the molecule is N#Cc1c(NC2CN(C(=O)CCl)C2)c2cccc(C(F)(F)F)c2n(Cc2ccc(F)cc2)c1=O. The van der Waals surface area contributed by atoms with Gasteiger partial charge in [0, 0.05) is 18.5 Å². The van der Waals surface area contributed by atoms with E-state index in [-0.39, 0.29) is 59.6 Å². The highest BCUT2D eigenvalue weighted by Gasteiger charge is 2.36. The van der Waals surface area contributed by atoms with E-state index in [0.717, 1.165) is 22.8 Å². The summed E-state index contributed by atoms with van der Waals surface area (Å²) >= 11 is 5.54. The van der Waals surface area contributed by atoms with Crippen molar-refractivity contribution in [2.75, 3.05) is 24.3 Å². The van der Waals surface area contributed by atoms with Gasteiger partial charge in [-0.15, -0.1) is 11.6 Å². The molecular weight excluding hydrogens is 476 g/mol. The van der Waals surface area contributed by atoms with Crippen LogP contribution in [0.4, 0.5) is 23.2 Å². The van der Waals surface area contributed by atoms with Crippen LogP contribution < -0.4 is 10.9 Å². The van der Waals surface area contributed by atoms with Gasteiger partial charge in [0.2, 0.25) is 5.91 Å². The van der Waals surface area contributed by atoms with Crippen LogP contribution >= 0.6 is 11.6 Å². The molecule has 1 N–H and O–H groups in total. The van der Waals surface area contributed by atoms with E-state index < -0.39 is 23.1 Å². The minimum Gasteiger partial charge on any atom is -0.377 e. The van der Waals surface area contributed by atoms with Crippen LogP contribution in [0, 0.1) is 17.1 Å². The van der Waals surface area contributed by atoms with Gasteiger partial charge in [-0.3, -0.25) is 9.59 Å². The summed E-state index contributed by atoms with van der Waals surface area (Å²) in [5, 5.41) is 12.8. The van der Waals surface area contributed by atoms with Crippen LogP contribution in [-0.4, -0.2) is 40.4 Å². The first-order valence-corrected chi connectivity index (χ1v) is 10.7. The zero-order chi connectivity index (χ0) is 24.6. The molecule has 11 heteroatoms. The first kappa shape index (κ1) is 23.6. The average molecular weight is 493 g/mol. The van der Waals surface area contributed by atoms with Gasteiger partial charge in [0.1, 0.15) is 23.3 Å². The van der Waals surface area contributed by atoms with Crippen molar-refractivity contribution in [3.8, 4) is 6.07 Å². The van der Waals surface area contributed by atoms with Crippen LogP contribution in [0.1, 0.15) is 16.7 Å². The molecule has 1 aromatic heterocycles. The molecule has 0 atom stereocenters. The molecular formula is C23H17ClF4N4O2. The summed E-state index contributed by atoms with van der Waals surface area (Å²) in [4.78, 5) is 26.4. The fourth-order valence-corrected chi connectivity index (χ4v) is 4.15. The van der Waals surface area contributed by atoms with Crippen LogP contribution in [0.15, 0.2) is 47.3 Å². The van der Waals surface area contributed by atoms with Crippen molar-refractivity contribution in [1.29, 1.82) is 5.26 Å². The van der Waals surface area contributed by atoms with Gasteiger partial charge in [-0.05, 0) is 23.8 Å². The highest BCUT2D eigenvalue weighted by molar-refractivity contribution is 6.27. The summed E-state index contributed by atoms with van der Waals surface area (Å²) in [5.41, 5.74) is -2.32. The number of pyridine rings is 1. The third-order valence-corrected chi connectivity index (χ3v) is 5.88. The lowest BCUT2D eigenvalue weighted by Gasteiger charge is -2.40. The number of amides is 1. The van der Waals surface area contributed by atoms with Crippen LogP contribution in [0.5, 0.6) is 0 Å². The summed E-state index contributed by atoms with van der Waals surface area (Å²) < 4.78 is 56.0. The number of fused-ring (bicyclic) bond motifs is 1. The normalized spacial score (nSPS) is 14.1. The molecule has 3 aromatic rings. The fourth-order valence-electron chi connectivity index (χ4n) is 3.98. The van der Waals surface area contributed by atoms with E-state index in [1.807, 2.05) is 6.07 Å². The van der Waals surface area contributed by atoms with Crippen molar-refractivity contribution < 1.29 is 22.4 Å². The molecule has 0 radical (unpaired) electrons. The maximum atomic E-state index is 13.9. The number of hydrogen-bond acceptors (Lipinski definition) is 4. The van der Waals surface area contributed by atoms with Gasteiger partial charge in [0.15, 0.2) is 0 Å². The third kappa shape index (κ3) is 4.31. The van der Waals surface area contributed by atoms with Gasteiger partial charge in [-0.25, -0.2) is 4.39 Å². The van der Waals surface area contributed by atoms with Gasteiger partial charge >= 0.3 is 6.18 Å². The number of nitrogens with zero attached hydrogens (tertiary/aromatic N) is 3. The van der Waals surface area contributed by atoms with E-state index in [0.29, 0.717) is 5.56 Å². The molecule has 6 nitrogen and oxygen atoms in total. The number of anilines is 1. The lowest BCUT2D eigenvalue weighted by atomic mass is 10.0.